The predicted octanol–water partition coefficient (Wildman–Crippen LogP) is 5.42. The summed E-state index contributed by atoms with van der Waals surface area (Å²) in [6.07, 6.45) is 0. The third-order valence-electron chi connectivity index (χ3n) is 4.37. The fourth-order valence-corrected chi connectivity index (χ4v) is 4.60. The molecule has 0 fully saturated rings. The molecule has 0 aliphatic carbocycles. The number of rotatable bonds is 8. The first kappa shape index (κ1) is 23.0. The van der Waals surface area contributed by atoms with E-state index in [0.717, 1.165) is 28.1 Å². The second-order valence-corrected chi connectivity index (χ2v) is 9.36. The topological polar surface area (TPSA) is 72.0 Å². The molecule has 0 radical (unpaired) electrons. The van der Waals surface area contributed by atoms with E-state index in [-0.39, 0.29) is 23.2 Å². The van der Waals surface area contributed by atoms with Gasteiger partial charge in [-0.3, -0.25) is 9.59 Å². The normalized spacial score (nSPS) is 10.7. The molecule has 2 aromatic carbocycles. The van der Waals surface area contributed by atoms with Crippen molar-refractivity contribution < 1.29 is 9.59 Å². The Morgan fingerprint density at radius 2 is 1.48 bits per heavy atom. The Morgan fingerprint density at radius 1 is 0.806 bits per heavy atom. The molecule has 160 valence electrons. The van der Waals surface area contributed by atoms with Crippen molar-refractivity contribution in [3.05, 3.63) is 76.5 Å². The third kappa shape index (κ3) is 7.22. The maximum absolute atomic E-state index is 12.4. The van der Waals surface area contributed by atoms with Crippen LogP contribution in [0.3, 0.4) is 0 Å². The smallest absolute Gasteiger partial charge is 0.234 e. The van der Waals surface area contributed by atoms with Crippen molar-refractivity contribution >= 4 is 40.9 Å². The molecular formula is C24H25N3O2S2. The van der Waals surface area contributed by atoms with Crippen molar-refractivity contribution in [2.45, 2.75) is 37.9 Å². The number of nitrogens with zero attached hydrogens (tertiary/aromatic N) is 2. The first-order chi connectivity index (χ1) is 14.8. The van der Waals surface area contributed by atoms with Crippen LogP contribution in [-0.2, 0) is 4.79 Å². The monoisotopic (exact) mass is 451 g/mol. The van der Waals surface area contributed by atoms with Gasteiger partial charge in [-0.15, -0.1) is 0 Å². The standard InChI is InChI=1S/C24H25N3O2S2/c1-15-5-7-19(8-6-15)21(28)13-31-24-25-18(4)12-23(27-24)30-14-22(29)26-20-10-16(2)9-17(3)11-20/h5-12H,13-14H2,1-4H3,(H,26,29). The van der Waals surface area contributed by atoms with Crippen molar-refractivity contribution in [3.63, 3.8) is 0 Å². The molecule has 5 nitrogen and oxygen atoms in total. The van der Waals surface area contributed by atoms with E-state index in [1.54, 1.807) is 0 Å². The highest BCUT2D eigenvalue weighted by Gasteiger charge is 2.11. The lowest BCUT2D eigenvalue weighted by Gasteiger charge is -2.08. The molecule has 0 spiro atoms. The quantitative estimate of drug-likeness (QED) is 0.213. The molecule has 0 saturated heterocycles. The molecule has 0 bridgehead atoms. The highest BCUT2D eigenvalue weighted by atomic mass is 32.2. The van der Waals surface area contributed by atoms with Crippen LogP contribution in [0, 0.1) is 27.7 Å². The molecule has 0 saturated carbocycles. The zero-order valence-corrected chi connectivity index (χ0v) is 19.7. The highest BCUT2D eigenvalue weighted by Crippen LogP contribution is 2.22. The van der Waals surface area contributed by atoms with Gasteiger partial charge in [-0.1, -0.05) is 59.4 Å². The van der Waals surface area contributed by atoms with Crippen molar-refractivity contribution in [1.82, 2.24) is 9.97 Å². The lowest BCUT2D eigenvalue weighted by Crippen LogP contribution is -2.14. The van der Waals surface area contributed by atoms with Gasteiger partial charge < -0.3 is 5.32 Å². The molecule has 0 aliphatic rings. The first-order valence-corrected chi connectivity index (χ1v) is 11.8. The molecule has 0 atom stereocenters. The number of anilines is 1. The van der Waals surface area contributed by atoms with E-state index in [4.69, 9.17) is 0 Å². The zero-order chi connectivity index (χ0) is 22.4. The summed E-state index contributed by atoms with van der Waals surface area (Å²) in [5, 5.41) is 4.19. The number of carbonyl (C=O) groups excluding carboxylic acids is 2. The second kappa shape index (κ2) is 10.6. The molecule has 1 amide bonds. The summed E-state index contributed by atoms with van der Waals surface area (Å²) < 4.78 is 0. The Labute approximate surface area is 191 Å². The first-order valence-electron chi connectivity index (χ1n) is 9.88. The van der Waals surface area contributed by atoms with E-state index >= 15 is 0 Å². The Hall–Kier alpha value is -2.64. The molecule has 1 aromatic heterocycles. The second-order valence-electron chi connectivity index (χ2n) is 7.42. The fraction of sp³-hybridized carbons (Fsp3) is 0.250. The number of amides is 1. The number of aromatic nitrogens is 2. The van der Waals surface area contributed by atoms with Gasteiger partial charge >= 0.3 is 0 Å². The minimum Gasteiger partial charge on any atom is -0.325 e. The lowest BCUT2D eigenvalue weighted by atomic mass is 10.1. The van der Waals surface area contributed by atoms with E-state index in [0.29, 0.717) is 15.7 Å². The molecule has 3 rings (SSSR count). The van der Waals surface area contributed by atoms with Crippen molar-refractivity contribution in [3.8, 4) is 0 Å². The summed E-state index contributed by atoms with van der Waals surface area (Å²) in [6.45, 7) is 7.88. The molecule has 1 N–H and O–H groups in total. The van der Waals surface area contributed by atoms with Crippen LogP contribution < -0.4 is 5.32 Å². The van der Waals surface area contributed by atoms with E-state index in [2.05, 4.69) is 21.4 Å². The number of benzene rings is 2. The Bertz CT molecular complexity index is 1080. The number of nitrogens with one attached hydrogen (secondary N) is 1. The minimum absolute atomic E-state index is 0.0390. The number of carbonyl (C=O) groups is 2. The van der Waals surface area contributed by atoms with Gasteiger partial charge in [-0.05, 0) is 57.0 Å². The lowest BCUT2D eigenvalue weighted by molar-refractivity contribution is -0.113. The van der Waals surface area contributed by atoms with Gasteiger partial charge in [-0.2, -0.15) is 0 Å². The maximum Gasteiger partial charge on any atom is 0.234 e. The molecule has 0 unspecified atom stereocenters. The molecule has 7 heteroatoms. The van der Waals surface area contributed by atoms with Crippen molar-refractivity contribution in [2.24, 2.45) is 0 Å². The van der Waals surface area contributed by atoms with Crippen LogP contribution in [0.4, 0.5) is 5.69 Å². The van der Waals surface area contributed by atoms with Gasteiger partial charge in [0.2, 0.25) is 5.91 Å². The van der Waals surface area contributed by atoms with E-state index < -0.39 is 0 Å². The molecule has 0 aliphatic heterocycles. The summed E-state index contributed by atoms with van der Waals surface area (Å²) in [5.74, 6) is 0.465. The fourth-order valence-electron chi connectivity index (χ4n) is 2.99. The van der Waals surface area contributed by atoms with E-state index in [9.17, 15) is 9.59 Å². The summed E-state index contributed by atoms with van der Waals surface area (Å²) in [4.78, 5) is 33.7. The predicted molar refractivity (Wildman–Crippen MR) is 128 cm³/mol. The number of hydrogen-bond donors (Lipinski definition) is 1. The number of aryl methyl sites for hydroxylation is 4. The van der Waals surface area contributed by atoms with Crippen LogP contribution in [0.5, 0.6) is 0 Å². The van der Waals surface area contributed by atoms with Gasteiger partial charge in [0.25, 0.3) is 0 Å². The Kier molecular flexibility index (Phi) is 7.87. The van der Waals surface area contributed by atoms with Crippen LogP contribution in [0.2, 0.25) is 0 Å². The average Bonchev–Trinajstić information content (AvgIpc) is 2.70. The van der Waals surface area contributed by atoms with Crippen LogP contribution in [0.25, 0.3) is 0 Å². The van der Waals surface area contributed by atoms with Gasteiger partial charge in [0.05, 0.1) is 11.5 Å². The number of Topliss-reactive ketones (excluding diaryl/α,β-unsaturated/α-hetero) is 1. The molecule has 3 aromatic rings. The summed E-state index contributed by atoms with van der Waals surface area (Å²) in [5.41, 5.74) is 5.62. The van der Waals surface area contributed by atoms with Gasteiger partial charge in [0.15, 0.2) is 10.9 Å². The number of hydrogen-bond acceptors (Lipinski definition) is 6. The highest BCUT2D eigenvalue weighted by molar-refractivity contribution is 8.00. The van der Waals surface area contributed by atoms with Crippen LogP contribution in [-0.4, -0.2) is 33.2 Å². The zero-order valence-electron chi connectivity index (χ0n) is 18.1. The minimum atomic E-state index is -0.0879. The van der Waals surface area contributed by atoms with Crippen LogP contribution in [0.15, 0.2) is 58.7 Å². The van der Waals surface area contributed by atoms with Crippen LogP contribution >= 0.6 is 23.5 Å². The van der Waals surface area contributed by atoms with Gasteiger partial charge in [-0.25, -0.2) is 9.97 Å². The Morgan fingerprint density at radius 3 is 2.16 bits per heavy atom. The number of ketones is 1. The summed E-state index contributed by atoms with van der Waals surface area (Å²) >= 11 is 2.67. The third-order valence-corrected chi connectivity index (χ3v) is 6.13. The van der Waals surface area contributed by atoms with E-state index in [1.807, 2.05) is 70.2 Å². The summed E-state index contributed by atoms with van der Waals surface area (Å²) in [7, 11) is 0. The van der Waals surface area contributed by atoms with Crippen molar-refractivity contribution in [1.29, 1.82) is 0 Å². The SMILES string of the molecule is Cc1ccc(C(=O)CSc2nc(C)cc(SCC(=O)Nc3cc(C)cc(C)c3)n2)cc1. The maximum atomic E-state index is 12.4. The Balaban J connectivity index is 1.56. The molecule has 31 heavy (non-hydrogen) atoms. The van der Waals surface area contributed by atoms with Crippen molar-refractivity contribution in [2.75, 3.05) is 16.8 Å². The summed E-state index contributed by atoms with van der Waals surface area (Å²) in [6, 6.07) is 15.3. The largest absolute Gasteiger partial charge is 0.325 e. The van der Waals surface area contributed by atoms with Gasteiger partial charge in [0.1, 0.15) is 5.03 Å². The molecule has 1 heterocycles. The van der Waals surface area contributed by atoms with Gasteiger partial charge in [0, 0.05) is 16.9 Å². The van der Waals surface area contributed by atoms with E-state index in [1.165, 1.54) is 23.5 Å². The number of thioether (sulfide) groups is 2. The van der Waals surface area contributed by atoms with Crippen LogP contribution in [0.1, 0.15) is 32.7 Å². The molecular weight excluding hydrogens is 426 g/mol. The average molecular weight is 452 g/mol.